The largest absolute Gasteiger partial charge is 0.396 e. The maximum absolute atomic E-state index is 12.3. The number of carbonyl (C=O) groups excluding carboxylic acids is 1. The van der Waals surface area contributed by atoms with E-state index in [-0.39, 0.29) is 12.6 Å². The number of aliphatic hydroxyl groups is 1. The van der Waals surface area contributed by atoms with Gasteiger partial charge >= 0.3 is 6.03 Å². The van der Waals surface area contributed by atoms with Crippen LogP contribution in [0.4, 0.5) is 10.5 Å². The zero-order valence-electron chi connectivity index (χ0n) is 12.7. The summed E-state index contributed by atoms with van der Waals surface area (Å²) in [5.41, 5.74) is 1.54. The van der Waals surface area contributed by atoms with Gasteiger partial charge in [-0.05, 0) is 36.2 Å². The molecule has 0 saturated heterocycles. The van der Waals surface area contributed by atoms with Crippen LogP contribution in [0.15, 0.2) is 59.5 Å². The maximum Gasteiger partial charge on any atom is 0.319 e. The molecular weight excluding hydrogens is 312 g/mol. The first-order valence-electron chi connectivity index (χ1n) is 7.37. The van der Waals surface area contributed by atoms with Crippen molar-refractivity contribution in [3.63, 3.8) is 0 Å². The minimum atomic E-state index is -1.12. The summed E-state index contributed by atoms with van der Waals surface area (Å²) in [6.45, 7) is 0.459. The molecule has 0 bridgehead atoms. The fourth-order valence-electron chi connectivity index (χ4n) is 2.00. The molecule has 1 atom stereocenters. The second-order valence-electron chi connectivity index (χ2n) is 4.96. The van der Waals surface area contributed by atoms with Gasteiger partial charge in [0.1, 0.15) is 0 Å². The number of urea groups is 1. The zero-order valence-corrected chi connectivity index (χ0v) is 13.5. The van der Waals surface area contributed by atoms with Crippen LogP contribution in [-0.4, -0.2) is 28.5 Å². The summed E-state index contributed by atoms with van der Waals surface area (Å²) < 4.78 is 12.3. The van der Waals surface area contributed by atoms with Crippen LogP contribution in [0.25, 0.3) is 0 Å². The number of nitrogens with one attached hydrogen (secondary N) is 2. The number of anilines is 1. The molecule has 0 spiro atoms. The van der Waals surface area contributed by atoms with E-state index in [0.29, 0.717) is 24.4 Å². The predicted octanol–water partition coefficient (Wildman–Crippen LogP) is 2.50. The Bertz CT molecular complexity index is 662. The van der Waals surface area contributed by atoms with Crippen LogP contribution in [0.1, 0.15) is 12.0 Å². The molecule has 0 heterocycles. The van der Waals surface area contributed by atoms with Gasteiger partial charge in [0.2, 0.25) is 0 Å². The molecule has 0 aromatic heterocycles. The third-order valence-corrected chi connectivity index (χ3v) is 4.50. The number of aliphatic hydroxyl groups excluding tert-OH is 1. The molecule has 122 valence electrons. The molecule has 2 aromatic rings. The van der Waals surface area contributed by atoms with E-state index in [1.165, 1.54) is 0 Å². The highest BCUT2D eigenvalue weighted by atomic mass is 32.2. The van der Waals surface area contributed by atoms with Gasteiger partial charge in [0.15, 0.2) is 0 Å². The maximum atomic E-state index is 12.3. The van der Waals surface area contributed by atoms with Crippen molar-refractivity contribution in [2.45, 2.75) is 17.1 Å². The van der Waals surface area contributed by atoms with Crippen molar-refractivity contribution in [2.75, 3.05) is 18.5 Å². The molecule has 0 radical (unpaired) electrons. The van der Waals surface area contributed by atoms with Crippen molar-refractivity contribution < 1.29 is 14.1 Å². The summed E-state index contributed by atoms with van der Waals surface area (Å²) in [4.78, 5) is 12.5. The molecule has 0 unspecified atom stereocenters. The lowest BCUT2D eigenvalue weighted by Crippen LogP contribution is -2.29. The van der Waals surface area contributed by atoms with Gasteiger partial charge in [0, 0.05) is 23.7 Å². The summed E-state index contributed by atoms with van der Waals surface area (Å²) in [5.74, 6) is 0.395. The number of amides is 2. The Labute approximate surface area is 138 Å². The van der Waals surface area contributed by atoms with Crippen LogP contribution in [0.3, 0.4) is 0 Å². The molecule has 0 aliphatic rings. The summed E-state index contributed by atoms with van der Waals surface area (Å²) in [7, 11) is -1.12. The molecule has 5 nitrogen and oxygen atoms in total. The lowest BCUT2D eigenvalue weighted by atomic mass is 10.2. The van der Waals surface area contributed by atoms with Gasteiger partial charge in [0.05, 0.1) is 16.6 Å². The Kier molecular flexibility index (Phi) is 6.77. The van der Waals surface area contributed by atoms with Crippen LogP contribution >= 0.6 is 0 Å². The first-order valence-corrected chi connectivity index (χ1v) is 8.69. The standard InChI is InChI=1S/C17H20N2O3S/c20-11-5-10-18-17(21)19-15-7-4-6-14(12-15)13-23(22)16-8-2-1-3-9-16/h1-4,6-9,12,20H,5,10-11,13H2,(H2,18,19,21)/t23-/m1/s1. The van der Waals surface area contributed by atoms with Gasteiger partial charge in [-0.25, -0.2) is 4.79 Å². The second-order valence-corrected chi connectivity index (χ2v) is 6.41. The van der Waals surface area contributed by atoms with Gasteiger partial charge in [-0.2, -0.15) is 0 Å². The van der Waals surface area contributed by atoms with Crippen molar-refractivity contribution in [2.24, 2.45) is 0 Å². The molecule has 6 heteroatoms. The summed E-state index contributed by atoms with van der Waals surface area (Å²) >= 11 is 0. The van der Waals surface area contributed by atoms with Crippen LogP contribution in [0, 0.1) is 0 Å². The van der Waals surface area contributed by atoms with E-state index < -0.39 is 10.8 Å². The van der Waals surface area contributed by atoms with E-state index in [2.05, 4.69) is 10.6 Å². The Hall–Kier alpha value is -2.18. The number of hydrogen-bond acceptors (Lipinski definition) is 3. The van der Waals surface area contributed by atoms with Gasteiger partial charge in [-0.3, -0.25) is 4.21 Å². The van der Waals surface area contributed by atoms with Crippen molar-refractivity contribution in [3.05, 3.63) is 60.2 Å². The lowest BCUT2D eigenvalue weighted by Gasteiger charge is -2.09. The molecular formula is C17H20N2O3S. The van der Waals surface area contributed by atoms with E-state index in [4.69, 9.17) is 5.11 Å². The van der Waals surface area contributed by atoms with E-state index in [1.807, 2.05) is 48.5 Å². The van der Waals surface area contributed by atoms with Crippen LogP contribution in [-0.2, 0) is 16.6 Å². The van der Waals surface area contributed by atoms with Crippen molar-refractivity contribution in [1.29, 1.82) is 0 Å². The normalized spacial score (nSPS) is 11.7. The third kappa shape index (κ3) is 5.84. The molecule has 2 rings (SSSR count). The molecule has 0 saturated carbocycles. The van der Waals surface area contributed by atoms with E-state index in [1.54, 1.807) is 6.07 Å². The molecule has 2 amide bonds. The molecule has 3 N–H and O–H groups in total. The molecule has 0 fully saturated rings. The smallest absolute Gasteiger partial charge is 0.319 e. The monoisotopic (exact) mass is 332 g/mol. The third-order valence-electron chi connectivity index (χ3n) is 3.11. The fraction of sp³-hybridized carbons (Fsp3) is 0.235. The quantitative estimate of drug-likeness (QED) is 0.682. The Morgan fingerprint density at radius 3 is 2.61 bits per heavy atom. The molecule has 23 heavy (non-hydrogen) atoms. The van der Waals surface area contributed by atoms with Crippen molar-refractivity contribution in [1.82, 2.24) is 5.32 Å². The topological polar surface area (TPSA) is 78.4 Å². The molecule has 0 aliphatic heterocycles. The summed E-state index contributed by atoms with van der Waals surface area (Å²) in [5, 5.41) is 14.1. The minimum Gasteiger partial charge on any atom is -0.396 e. The summed E-state index contributed by atoms with van der Waals surface area (Å²) in [6.07, 6.45) is 0.517. The van der Waals surface area contributed by atoms with E-state index in [0.717, 1.165) is 10.5 Å². The Morgan fingerprint density at radius 2 is 1.87 bits per heavy atom. The van der Waals surface area contributed by atoms with Crippen LogP contribution in [0.2, 0.25) is 0 Å². The highest BCUT2D eigenvalue weighted by molar-refractivity contribution is 7.84. The lowest BCUT2D eigenvalue weighted by molar-refractivity contribution is 0.249. The number of carbonyl (C=O) groups is 1. The molecule has 2 aromatic carbocycles. The van der Waals surface area contributed by atoms with Crippen molar-refractivity contribution in [3.8, 4) is 0 Å². The van der Waals surface area contributed by atoms with Gasteiger partial charge in [-0.15, -0.1) is 0 Å². The SMILES string of the molecule is O=C(NCCCO)Nc1cccc(C[S@@](=O)c2ccccc2)c1. The highest BCUT2D eigenvalue weighted by Gasteiger charge is 2.06. The number of benzene rings is 2. The number of rotatable bonds is 7. The summed E-state index contributed by atoms with van der Waals surface area (Å²) in [6, 6.07) is 16.3. The number of hydrogen-bond donors (Lipinski definition) is 3. The first kappa shape index (κ1) is 17.2. The Balaban J connectivity index is 1.94. The van der Waals surface area contributed by atoms with E-state index >= 15 is 0 Å². The Morgan fingerprint density at radius 1 is 1.09 bits per heavy atom. The first-order chi connectivity index (χ1) is 11.2. The predicted molar refractivity (Wildman–Crippen MR) is 91.7 cm³/mol. The van der Waals surface area contributed by atoms with Crippen LogP contribution in [0.5, 0.6) is 0 Å². The van der Waals surface area contributed by atoms with Crippen molar-refractivity contribution >= 4 is 22.5 Å². The van der Waals surface area contributed by atoms with Gasteiger partial charge in [-0.1, -0.05) is 30.3 Å². The highest BCUT2D eigenvalue weighted by Crippen LogP contribution is 2.15. The van der Waals surface area contributed by atoms with Gasteiger partial charge in [0.25, 0.3) is 0 Å². The fourth-order valence-corrected chi connectivity index (χ4v) is 3.11. The van der Waals surface area contributed by atoms with Gasteiger partial charge < -0.3 is 15.7 Å². The van der Waals surface area contributed by atoms with Crippen LogP contribution < -0.4 is 10.6 Å². The van der Waals surface area contributed by atoms with E-state index in [9.17, 15) is 9.00 Å². The minimum absolute atomic E-state index is 0.0427. The average molecular weight is 332 g/mol. The second kappa shape index (κ2) is 9.07. The zero-order chi connectivity index (χ0) is 16.5. The molecule has 0 aliphatic carbocycles. The average Bonchev–Trinajstić information content (AvgIpc) is 2.56.